The van der Waals surface area contributed by atoms with Gasteiger partial charge in [0.1, 0.15) is 10.5 Å². The average molecular weight is 297 g/mol. The van der Waals surface area contributed by atoms with Crippen molar-refractivity contribution in [1.29, 1.82) is 0 Å². The number of carbonyl (C=O) groups is 2. The summed E-state index contributed by atoms with van der Waals surface area (Å²) in [6.45, 7) is 3.51. The van der Waals surface area contributed by atoms with Gasteiger partial charge in [0.25, 0.3) is 0 Å². The van der Waals surface area contributed by atoms with Gasteiger partial charge in [-0.15, -0.1) is 11.3 Å². The first-order chi connectivity index (χ1) is 9.47. The van der Waals surface area contributed by atoms with E-state index in [1.807, 2.05) is 12.3 Å². The minimum Gasteiger partial charge on any atom is -0.480 e. The zero-order valence-electron chi connectivity index (χ0n) is 11.5. The average Bonchev–Trinajstić information content (AvgIpc) is 3.12. The van der Waals surface area contributed by atoms with Gasteiger partial charge in [-0.2, -0.15) is 0 Å². The molecule has 1 aliphatic carbocycles. The Morgan fingerprint density at radius 3 is 2.75 bits per heavy atom. The topological polar surface area (TPSA) is 91.3 Å². The smallest absolute Gasteiger partial charge is 0.329 e. The molecule has 20 heavy (non-hydrogen) atoms. The van der Waals surface area contributed by atoms with Gasteiger partial charge in [0.15, 0.2) is 0 Å². The fourth-order valence-electron chi connectivity index (χ4n) is 2.17. The molecule has 0 radical (unpaired) electrons. The van der Waals surface area contributed by atoms with Crippen molar-refractivity contribution in [3.05, 3.63) is 16.6 Å². The summed E-state index contributed by atoms with van der Waals surface area (Å²) in [7, 11) is 0. The van der Waals surface area contributed by atoms with E-state index < -0.39 is 17.5 Å². The number of carboxylic acids is 1. The zero-order chi connectivity index (χ0) is 14.8. The first kappa shape index (κ1) is 14.8. The molecule has 1 aromatic heterocycles. The molecule has 1 aromatic rings. The number of hydrogen-bond acceptors (Lipinski definition) is 4. The summed E-state index contributed by atoms with van der Waals surface area (Å²) >= 11 is 1.47. The molecule has 2 rings (SSSR count). The van der Waals surface area contributed by atoms with Crippen LogP contribution in [0.15, 0.2) is 11.6 Å². The summed E-state index contributed by atoms with van der Waals surface area (Å²) in [4.78, 5) is 27.6. The van der Waals surface area contributed by atoms with Gasteiger partial charge in [-0.05, 0) is 32.1 Å². The van der Waals surface area contributed by atoms with Gasteiger partial charge in [0.2, 0.25) is 0 Å². The Kier molecular flexibility index (Phi) is 4.27. The number of rotatable bonds is 6. The fraction of sp³-hybridized carbons (Fsp3) is 0.615. The maximum atomic E-state index is 12.1. The van der Waals surface area contributed by atoms with E-state index in [2.05, 4.69) is 15.6 Å². The summed E-state index contributed by atoms with van der Waals surface area (Å²) in [6, 6.07) is -0.643. The zero-order valence-corrected chi connectivity index (χ0v) is 12.4. The molecule has 2 unspecified atom stereocenters. The number of nitrogens with one attached hydrogen (secondary N) is 2. The van der Waals surface area contributed by atoms with E-state index in [-0.39, 0.29) is 12.0 Å². The van der Waals surface area contributed by atoms with Gasteiger partial charge in [-0.3, -0.25) is 0 Å². The molecule has 0 aromatic carbocycles. The Labute approximate surface area is 121 Å². The molecule has 2 amide bonds. The largest absolute Gasteiger partial charge is 0.480 e. The van der Waals surface area contributed by atoms with Crippen LogP contribution in [0, 0.1) is 5.92 Å². The van der Waals surface area contributed by atoms with Crippen molar-refractivity contribution in [3.63, 3.8) is 0 Å². The lowest BCUT2D eigenvalue weighted by molar-refractivity contribution is -0.144. The van der Waals surface area contributed by atoms with E-state index in [9.17, 15) is 14.7 Å². The van der Waals surface area contributed by atoms with Gasteiger partial charge in [-0.25, -0.2) is 14.6 Å². The highest BCUT2D eigenvalue weighted by Gasteiger charge is 2.48. The van der Waals surface area contributed by atoms with Crippen LogP contribution in [0.4, 0.5) is 4.79 Å². The number of aromatic nitrogens is 1. The molecule has 6 nitrogen and oxygen atoms in total. The molecule has 1 heterocycles. The highest BCUT2D eigenvalue weighted by atomic mass is 32.1. The number of amides is 2. The minimum absolute atomic E-state index is 0.0192. The Morgan fingerprint density at radius 1 is 1.60 bits per heavy atom. The van der Waals surface area contributed by atoms with Crippen LogP contribution in [-0.2, 0) is 4.79 Å². The number of carboxylic acid groups (broad SMARTS) is 1. The molecule has 110 valence electrons. The van der Waals surface area contributed by atoms with Crippen LogP contribution < -0.4 is 10.6 Å². The predicted octanol–water partition coefficient (Wildman–Crippen LogP) is 2.15. The second-order valence-electron chi connectivity index (χ2n) is 5.21. The van der Waals surface area contributed by atoms with Gasteiger partial charge in [0, 0.05) is 11.6 Å². The highest BCUT2D eigenvalue weighted by molar-refractivity contribution is 7.09. The lowest BCUT2D eigenvalue weighted by atomic mass is 9.96. The molecule has 7 heteroatoms. The van der Waals surface area contributed by atoms with Crippen molar-refractivity contribution in [3.8, 4) is 0 Å². The van der Waals surface area contributed by atoms with Crippen LogP contribution >= 0.6 is 11.3 Å². The Balaban J connectivity index is 1.99. The molecule has 1 saturated carbocycles. The lowest BCUT2D eigenvalue weighted by Crippen LogP contribution is -2.57. The molecule has 0 saturated heterocycles. The lowest BCUT2D eigenvalue weighted by Gasteiger charge is -2.27. The minimum atomic E-state index is -1.19. The van der Waals surface area contributed by atoms with Crippen molar-refractivity contribution in [2.45, 2.75) is 44.7 Å². The molecule has 3 N–H and O–H groups in total. The van der Waals surface area contributed by atoms with E-state index in [4.69, 9.17) is 0 Å². The van der Waals surface area contributed by atoms with Crippen LogP contribution in [0.3, 0.4) is 0 Å². The third-order valence-electron chi connectivity index (χ3n) is 3.67. The predicted molar refractivity (Wildman–Crippen MR) is 75.6 cm³/mol. The third kappa shape index (κ3) is 3.09. The fourth-order valence-corrected chi connectivity index (χ4v) is 2.94. The van der Waals surface area contributed by atoms with Gasteiger partial charge >= 0.3 is 12.0 Å². The SMILES string of the molecule is CCC(NC(=O)NC(C)(C(=O)O)C1CC1)c1nccs1. The quantitative estimate of drug-likeness (QED) is 0.750. The maximum Gasteiger partial charge on any atom is 0.329 e. The van der Waals surface area contributed by atoms with Crippen molar-refractivity contribution in [2.24, 2.45) is 5.92 Å². The second-order valence-corrected chi connectivity index (χ2v) is 6.14. The van der Waals surface area contributed by atoms with Crippen LogP contribution in [-0.4, -0.2) is 27.6 Å². The number of hydrogen-bond donors (Lipinski definition) is 3. The standard InChI is InChI=1S/C13H19N3O3S/c1-3-9(10-14-6-7-20-10)15-12(19)16-13(2,11(17)18)8-4-5-8/h6-9H,3-5H2,1-2H3,(H,17,18)(H2,15,16,19). The first-order valence-electron chi connectivity index (χ1n) is 6.68. The van der Waals surface area contributed by atoms with E-state index in [1.54, 1.807) is 13.1 Å². The maximum absolute atomic E-state index is 12.1. The molecule has 0 bridgehead atoms. The van der Waals surface area contributed by atoms with E-state index in [1.165, 1.54) is 11.3 Å². The van der Waals surface area contributed by atoms with Crippen molar-refractivity contribution in [1.82, 2.24) is 15.6 Å². The highest BCUT2D eigenvalue weighted by Crippen LogP contribution is 2.39. The molecule has 1 aliphatic rings. The van der Waals surface area contributed by atoms with Gasteiger partial charge < -0.3 is 15.7 Å². The number of carbonyl (C=O) groups excluding carboxylic acids is 1. The van der Waals surface area contributed by atoms with Crippen molar-refractivity contribution < 1.29 is 14.7 Å². The van der Waals surface area contributed by atoms with Crippen LogP contribution in [0.25, 0.3) is 0 Å². The molecule has 0 aliphatic heterocycles. The van der Waals surface area contributed by atoms with Crippen LogP contribution in [0.1, 0.15) is 44.2 Å². The monoisotopic (exact) mass is 297 g/mol. The number of urea groups is 1. The molecule has 1 fully saturated rings. The third-order valence-corrected chi connectivity index (χ3v) is 4.56. The second kappa shape index (κ2) is 5.78. The molecule has 0 spiro atoms. The molecule has 2 atom stereocenters. The van der Waals surface area contributed by atoms with E-state index in [0.29, 0.717) is 6.42 Å². The number of nitrogens with zero attached hydrogens (tertiary/aromatic N) is 1. The molecular weight excluding hydrogens is 278 g/mol. The Morgan fingerprint density at radius 2 is 2.30 bits per heavy atom. The van der Waals surface area contributed by atoms with Gasteiger partial charge in [0.05, 0.1) is 6.04 Å². The van der Waals surface area contributed by atoms with E-state index in [0.717, 1.165) is 17.8 Å². The normalized spacial score (nSPS) is 18.9. The summed E-state index contributed by atoms with van der Waals surface area (Å²) in [5.41, 5.74) is -1.19. The first-order valence-corrected chi connectivity index (χ1v) is 7.56. The van der Waals surface area contributed by atoms with E-state index >= 15 is 0 Å². The van der Waals surface area contributed by atoms with Crippen LogP contribution in [0.2, 0.25) is 0 Å². The number of thiazole rings is 1. The summed E-state index contributed by atoms with van der Waals surface area (Å²) in [5, 5.41) is 17.4. The van der Waals surface area contributed by atoms with Crippen LogP contribution in [0.5, 0.6) is 0 Å². The Hall–Kier alpha value is -1.63. The summed E-state index contributed by atoms with van der Waals surface area (Å²) in [6.07, 6.45) is 4.07. The van der Waals surface area contributed by atoms with Gasteiger partial charge in [-0.1, -0.05) is 6.92 Å². The summed E-state index contributed by atoms with van der Waals surface area (Å²) < 4.78 is 0. The van der Waals surface area contributed by atoms with Crippen molar-refractivity contribution >= 4 is 23.3 Å². The summed E-state index contributed by atoms with van der Waals surface area (Å²) in [5.74, 6) is -0.969. The number of aliphatic carboxylic acids is 1. The van der Waals surface area contributed by atoms with Crippen molar-refractivity contribution in [2.75, 3.05) is 0 Å². The Bertz CT molecular complexity index is 487. The molecular formula is C13H19N3O3S.